The highest BCUT2D eigenvalue weighted by atomic mass is 32.2. The first-order valence-electron chi connectivity index (χ1n) is 12.2. The predicted molar refractivity (Wildman–Crippen MR) is 153 cm³/mol. The van der Waals surface area contributed by atoms with Gasteiger partial charge in [0.1, 0.15) is 0 Å². The van der Waals surface area contributed by atoms with Crippen molar-refractivity contribution in [1.82, 2.24) is 20.6 Å². The summed E-state index contributed by atoms with van der Waals surface area (Å²) in [5.41, 5.74) is 1.51. The second-order valence-corrected chi connectivity index (χ2v) is 11.4. The van der Waals surface area contributed by atoms with E-state index in [0.29, 0.717) is 22.9 Å². The van der Waals surface area contributed by atoms with Crippen LogP contribution in [0.2, 0.25) is 0 Å². The Bertz CT molecular complexity index is 1190. The van der Waals surface area contributed by atoms with E-state index in [1.165, 1.54) is 0 Å². The Hall–Kier alpha value is -3.38. The maximum absolute atomic E-state index is 12.5. The molecule has 0 spiro atoms. The van der Waals surface area contributed by atoms with Gasteiger partial charge in [-0.2, -0.15) is 0 Å². The van der Waals surface area contributed by atoms with Crippen LogP contribution in [0.25, 0.3) is 0 Å². The van der Waals surface area contributed by atoms with Gasteiger partial charge in [-0.25, -0.2) is 0 Å². The van der Waals surface area contributed by atoms with Gasteiger partial charge in [0.15, 0.2) is 10.3 Å². The maximum Gasteiger partial charge on any atom is 0.233 e. The van der Waals surface area contributed by atoms with Gasteiger partial charge in [-0.15, -0.1) is 0 Å². The van der Waals surface area contributed by atoms with Crippen LogP contribution in [0.15, 0.2) is 49.1 Å². The van der Waals surface area contributed by atoms with E-state index in [9.17, 15) is 9.59 Å². The van der Waals surface area contributed by atoms with Crippen LogP contribution in [0, 0.1) is 33.5 Å². The van der Waals surface area contributed by atoms with Crippen molar-refractivity contribution in [2.24, 2.45) is 11.8 Å². The maximum atomic E-state index is 12.5. The fourth-order valence-electron chi connectivity index (χ4n) is 4.18. The van der Waals surface area contributed by atoms with Crippen LogP contribution in [-0.4, -0.2) is 42.2 Å². The van der Waals surface area contributed by atoms with E-state index in [1.54, 1.807) is 56.8 Å². The van der Waals surface area contributed by atoms with Crippen molar-refractivity contribution in [3.05, 3.63) is 60.2 Å². The third-order valence-corrected chi connectivity index (χ3v) is 8.03. The molecule has 6 N–H and O–H groups in total. The summed E-state index contributed by atoms with van der Waals surface area (Å²) in [6.45, 7) is 3.49. The highest BCUT2D eigenvalue weighted by Gasteiger charge is 2.30. The molecule has 0 aromatic carbocycles. The van der Waals surface area contributed by atoms with Gasteiger partial charge in [0.05, 0.1) is 21.9 Å². The van der Waals surface area contributed by atoms with E-state index < -0.39 is 11.8 Å². The predicted octanol–water partition coefficient (Wildman–Crippen LogP) is 4.71. The largest absolute Gasteiger partial charge is 0.305 e. The number of amides is 2. The first-order valence-corrected chi connectivity index (χ1v) is 13.9. The van der Waals surface area contributed by atoms with Crippen molar-refractivity contribution < 1.29 is 9.59 Å². The lowest BCUT2D eigenvalue weighted by molar-refractivity contribution is -0.121. The summed E-state index contributed by atoms with van der Waals surface area (Å²) in [5.74, 6) is -1.40. The van der Waals surface area contributed by atoms with Crippen molar-refractivity contribution in [3.63, 3.8) is 0 Å². The lowest BCUT2D eigenvalue weighted by Crippen LogP contribution is -2.32. The Kier molecular flexibility index (Phi) is 10.7. The Labute approximate surface area is 230 Å². The molecule has 4 unspecified atom stereocenters. The second kappa shape index (κ2) is 14.0. The van der Waals surface area contributed by atoms with E-state index >= 15 is 0 Å². The number of nitrogens with one attached hydrogen (secondary N) is 6. The molecule has 2 heterocycles. The minimum absolute atomic E-state index is 0.0321. The number of thioether (sulfide) groups is 2. The summed E-state index contributed by atoms with van der Waals surface area (Å²) in [6, 6.07) is 7.13. The number of hydrogen-bond acceptors (Lipinski definition) is 10. The van der Waals surface area contributed by atoms with E-state index in [0.717, 1.165) is 47.5 Å². The lowest BCUT2D eigenvalue weighted by atomic mass is 10.0. The number of carbonyl (C=O) groups is 2. The van der Waals surface area contributed by atoms with Crippen LogP contribution in [0.1, 0.15) is 62.5 Å². The summed E-state index contributed by atoms with van der Waals surface area (Å²) in [5, 5.41) is 38.5. The Morgan fingerprint density at radius 2 is 1.42 bits per heavy atom. The quantitative estimate of drug-likeness (QED) is 0.214. The first-order chi connectivity index (χ1) is 18.1. The van der Waals surface area contributed by atoms with Crippen LogP contribution in [0.5, 0.6) is 0 Å². The zero-order valence-corrected chi connectivity index (χ0v) is 22.9. The molecular formula is C26H32N8O2S2. The molecule has 38 heavy (non-hydrogen) atoms. The summed E-state index contributed by atoms with van der Waals surface area (Å²) >= 11 is 1.88. The normalized spacial score (nSPS) is 18.2. The molecular weight excluding hydrogens is 520 g/mol. The van der Waals surface area contributed by atoms with E-state index in [1.807, 2.05) is 6.07 Å². The summed E-state index contributed by atoms with van der Waals surface area (Å²) in [4.78, 5) is 32.9. The monoisotopic (exact) mass is 552 g/mol. The number of nitrogens with zero attached hydrogens (tertiary/aromatic N) is 2. The molecule has 1 aliphatic rings. The molecule has 1 fully saturated rings. The Balaban J connectivity index is 1.38. The molecule has 4 atom stereocenters. The highest BCUT2D eigenvalue weighted by molar-refractivity contribution is 8.26. The molecule has 0 radical (unpaired) electrons. The van der Waals surface area contributed by atoms with Gasteiger partial charge >= 0.3 is 0 Å². The van der Waals surface area contributed by atoms with Crippen molar-refractivity contribution in [1.29, 1.82) is 21.6 Å². The summed E-state index contributed by atoms with van der Waals surface area (Å²) in [7, 11) is 0. The Morgan fingerprint density at radius 3 is 1.92 bits per heavy atom. The molecule has 0 aliphatic heterocycles. The second-order valence-electron chi connectivity index (χ2n) is 9.22. The van der Waals surface area contributed by atoms with Crippen LogP contribution in [-0.2, 0) is 9.59 Å². The zero-order valence-electron chi connectivity index (χ0n) is 21.3. The van der Waals surface area contributed by atoms with Gasteiger partial charge < -0.3 is 10.6 Å². The van der Waals surface area contributed by atoms with Gasteiger partial charge in [0.2, 0.25) is 11.8 Å². The van der Waals surface area contributed by atoms with Crippen molar-refractivity contribution in [2.75, 3.05) is 0 Å². The molecule has 12 heteroatoms. The van der Waals surface area contributed by atoms with Gasteiger partial charge in [0.25, 0.3) is 0 Å². The number of carbonyl (C=O) groups excluding carboxylic acids is 2. The van der Waals surface area contributed by atoms with Crippen LogP contribution < -0.4 is 10.6 Å². The number of amidine groups is 2. The van der Waals surface area contributed by atoms with E-state index in [2.05, 4.69) is 20.6 Å². The van der Waals surface area contributed by atoms with Gasteiger partial charge in [-0.05, 0) is 92.2 Å². The molecule has 2 amide bonds. The molecule has 1 saturated carbocycles. The minimum Gasteiger partial charge on any atom is -0.305 e. The highest BCUT2D eigenvalue weighted by Crippen LogP contribution is 2.37. The molecule has 2 aromatic heterocycles. The summed E-state index contributed by atoms with van der Waals surface area (Å²) in [6.07, 6.45) is 9.30. The molecule has 0 bridgehead atoms. The van der Waals surface area contributed by atoms with Gasteiger partial charge in [-0.1, -0.05) is 12.1 Å². The molecule has 1 aliphatic carbocycles. The smallest absolute Gasteiger partial charge is 0.233 e. The SMILES string of the molecule is CC(C(=O)NC(=N)SC(=N)CC1CCC(C(=N)SC(=N)NC(=O)C(C)c2cccnc2)C1)c1cccnc1. The molecule has 0 saturated heterocycles. The number of pyridine rings is 2. The van der Waals surface area contributed by atoms with Crippen LogP contribution in [0.3, 0.4) is 0 Å². The Morgan fingerprint density at radius 1 is 0.895 bits per heavy atom. The van der Waals surface area contributed by atoms with E-state index in [-0.39, 0.29) is 34.0 Å². The fourth-order valence-corrected chi connectivity index (χ4v) is 5.65. The topological polar surface area (TPSA) is 179 Å². The average molecular weight is 553 g/mol. The van der Waals surface area contributed by atoms with Crippen LogP contribution >= 0.6 is 23.5 Å². The first kappa shape index (κ1) is 29.2. The lowest BCUT2D eigenvalue weighted by Gasteiger charge is -2.16. The fraction of sp³-hybridized carbons (Fsp3) is 0.385. The van der Waals surface area contributed by atoms with Crippen molar-refractivity contribution >= 4 is 55.8 Å². The van der Waals surface area contributed by atoms with Crippen molar-refractivity contribution in [3.8, 4) is 0 Å². The minimum atomic E-state index is -0.458. The van der Waals surface area contributed by atoms with Crippen molar-refractivity contribution in [2.45, 2.75) is 51.4 Å². The van der Waals surface area contributed by atoms with E-state index in [4.69, 9.17) is 21.6 Å². The number of aromatic nitrogens is 2. The third-order valence-electron chi connectivity index (χ3n) is 6.45. The molecule has 200 valence electrons. The molecule has 10 nitrogen and oxygen atoms in total. The zero-order chi connectivity index (χ0) is 27.7. The molecule has 2 aromatic rings. The average Bonchev–Trinajstić information content (AvgIpc) is 3.36. The van der Waals surface area contributed by atoms with Gasteiger partial charge in [-0.3, -0.25) is 41.2 Å². The van der Waals surface area contributed by atoms with Crippen LogP contribution in [0.4, 0.5) is 0 Å². The number of rotatable bonds is 7. The number of hydrogen-bond donors (Lipinski definition) is 6. The van der Waals surface area contributed by atoms with Gasteiger partial charge in [0, 0.05) is 30.7 Å². The summed E-state index contributed by atoms with van der Waals surface area (Å²) < 4.78 is 0. The standard InChI is InChI=1S/C26H32N8O2S2/c1-15(19-5-3-9-31-13-19)23(35)33-25(29)37-21(27)12-17-7-8-18(11-17)22(28)38-26(30)34-24(36)16(2)20-6-4-10-32-14-20/h3-6,9-10,13-18,27-28H,7-8,11-12H2,1-2H3,(H2,29,33,35)(H2,30,34,36). The third kappa shape index (κ3) is 8.59. The molecule has 3 rings (SSSR count).